The zero-order valence-corrected chi connectivity index (χ0v) is 17.5. The number of likely N-dealkylation sites (tertiary alicyclic amines) is 1. The molecule has 6 heteroatoms. The first-order valence-corrected chi connectivity index (χ1v) is 10.8. The van der Waals surface area contributed by atoms with Crippen molar-refractivity contribution in [2.75, 3.05) is 31.1 Å². The molecule has 2 aliphatic rings. The summed E-state index contributed by atoms with van der Waals surface area (Å²) in [5.41, 5.74) is 4.87. The van der Waals surface area contributed by atoms with E-state index >= 15 is 0 Å². The van der Waals surface area contributed by atoms with Crippen LogP contribution in [0.5, 0.6) is 0 Å². The summed E-state index contributed by atoms with van der Waals surface area (Å²) in [7, 11) is 0. The second-order valence-electron chi connectivity index (χ2n) is 8.97. The zero-order valence-electron chi connectivity index (χ0n) is 17.5. The summed E-state index contributed by atoms with van der Waals surface area (Å²) >= 11 is 0. The third kappa shape index (κ3) is 3.73. The van der Waals surface area contributed by atoms with E-state index in [1.807, 2.05) is 6.07 Å². The molecule has 0 amide bonds. The lowest BCUT2D eigenvalue weighted by molar-refractivity contribution is 0.0598. The number of rotatable bonds is 3. The molecule has 4 heterocycles. The van der Waals surface area contributed by atoms with Gasteiger partial charge in [-0.1, -0.05) is 18.2 Å². The van der Waals surface area contributed by atoms with E-state index in [-0.39, 0.29) is 0 Å². The largest absolute Gasteiger partial charge is 0.341 e. The minimum absolute atomic E-state index is 0.434. The van der Waals surface area contributed by atoms with E-state index in [1.54, 1.807) is 0 Å². The summed E-state index contributed by atoms with van der Waals surface area (Å²) in [6, 6.07) is 10.5. The number of benzene rings is 1. The molecule has 1 aromatic carbocycles. The highest BCUT2D eigenvalue weighted by Crippen LogP contribution is 2.41. The SMILES string of the molecule is Cc1cc(C)nc(N2CCC3(CCCN(Cc4[nH]nc5ccccc45)C3)CC2)n1. The highest BCUT2D eigenvalue weighted by Gasteiger charge is 2.39. The lowest BCUT2D eigenvalue weighted by Gasteiger charge is -2.47. The molecule has 2 aliphatic heterocycles. The number of hydrogen-bond donors (Lipinski definition) is 1. The van der Waals surface area contributed by atoms with E-state index < -0.39 is 0 Å². The minimum atomic E-state index is 0.434. The number of aromatic nitrogens is 4. The van der Waals surface area contributed by atoms with Crippen LogP contribution in [0.1, 0.15) is 42.8 Å². The number of aromatic amines is 1. The number of fused-ring (bicyclic) bond motifs is 1. The van der Waals surface area contributed by atoms with Crippen molar-refractivity contribution in [2.24, 2.45) is 5.41 Å². The van der Waals surface area contributed by atoms with Crippen LogP contribution in [0.15, 0.2) is 30.3 Å². The van der Waals surface area contributed by atoms with Crippen LogP contribution in [0.2, 0.25) is 0 Å². The quantitative estimate of drug-likeness (QED) is 0.736. The molecule has 0 bridgehead atoms. The maximum Gasteiger partial charge on any atom is 0.225 e. The third-order valence-corrected chi connectivity index (χ3v) is 6.74. The van der Waals surface area contributed by atoms with Crippen LogP contribution in [0.25, 0.3) is 10.9 Å². The molecule has 3 aromatic rings. The van der Waals surface area contributed by atoms with E-state index in [0.717, 1.165) is 42.5 Å². The molecule has 0 atom stereocenters. The predicted octanol–water partition coefficient (Wildman–Crippen LogP) is 3.85. The van der Waals surface area contributed by atoms with E-state index in [1.165, 1.54) is 49.9 Å². The Morgan fingerprint density at radius 2 is 1.76 bits per heavy atom. The fraction of sp³-hybridized carbons (Fsp3) is 0.522. The van der Waals surface area contributed by atoms with Gasteiger partial charge in [-0.05, 0) is 63.6 Å². The molecule has 1 N–H and O–H groups in total. The Bertz CT molecular complexity index is 981. The number of anilines is 1. The first kappa shape index (κ1) is 18.6. The fourth-order valence-corrected chi connectivity index (χ4v) is 5.24. The number of piperidine rings is 2. The second-order valence-corrected chi connectivity index (χ2v) is 8.97. The Kier molecular flexibility index (Phi) is 4.74. The Morgan fingerprint density at radius 1 is 1.00 bits per heavy atom. The predicted molar refractivity (Wildman–Crippen MR) is 116 cm³/mol. The van der Waals surface area contributed by atoms with Crippen LogP contribution in [0.3, 0.4) is 0 Å². The van der Waals surface area contributed by atoms with Crippen LogP contribution in [-0.2, 0) is 6.54 Å². The van der Waals surface area contributed by atoms with E-state index in [0.29, 0.717) is 5.41 Å². The number of aryl methyl sites for hydroxylation is 2. The number of nitrogens with zero attached hydrogens (tertiary/aromatic N) is 5. The van der Waals surface area contributed by atoms with Gasteiger partial charge in [-0.2, -0.15) is 5.10 Å². The molecule has 2 aromatic heterocycles. The Balaban J connectivity index is 1.26. The lowest BCUT2D eigenvalue weighted by Crippen LogP contribution is -2.49. The summed E-state index contributed by atoms with van der Waals surface area (Å²) in [6.45, 7) is 9.56. The number of hydrogen-bond acceptors (Lipinski definition) is 5. The van der Waals surface area contributed by atoms with Crippen molar-refractivity contribution in [1.82, 2.24) is 25.1 Å². The van der Waals surface area contributed by atoms with Gasteiger partial charge >= 0.3 is 0 Å². The van der Waals surface area contributed by atoms with Crippen molar-refractivity contribution in [2.45, 2.75) is 46.1 Å². The van der Waals surface area contributed by atoms with Crippen molar-refractivity contribution < 1.29 is 0 Å². The van der Waals surface area contributed by atoms with Gasteiger partial charge in [0.25, 0.3) is 0 Å². The molecule has 152 valence electrons. The van der Waals surface area contributed by atoms with Gasteiger partial charge in [-0.25, -0.2) is 9.97 Å². The molecule has 0 radical (unpaired) electrons. The molecule has 29 heavy (non-hydrogen) atoms. The molecule has 6 nitrogen and oxygen atoms in total. The zero-order chi connectivity index (χ0) is 19.8. The first-order chi connectivity index (χ1) is 14.1. The summed E-state index contributed by atoms with van der Waals surface area (Å²) in [6.07, 6.45) is 5.08. The lowest BCUT2D eigenvalue weighted by atomic mass is 9.72. The Labute approximate surface area is 172 Å². The van der Waals surface area contributed by atoms with E-state index in [2.05, 4.69) is 68.1 Å². The van der Waals surface area contributed by atoms with Crippen LogP contribution in [0, 0.1) is 19.3 Å². The van der Waals surface area contributed by atoms with Gasteiger partial charge in [0.1, 0.15) is 0 Å². The summed E-state index contributed by atoms with van der Waals surface area (Å²) in [5.74, 6) is 0.911. The van der Waals surface area contributed by atoms with Crippen molar-refractivity contribution >= 4 is 16.9 Å². The van der Waals surface area contributed by atoms with Gasteiger partial charge in [0.05, 0.1) is 11.2 Å². The summed E-state index contributed by atoms with van der Waals surface area (Å²) in [5, 5.41) is 9.01. The molecular weight excluding hydrogens is 360 g/mol. The number of H-pyrrole nitrogens is 1. The summed E-state index contributed by atoms with van der Waals surface area (Å²) < 4.78 is 0. The molecule has 2 fully saturated rings. The van der Waals surface area contributed by atoms with Gasteiger partial charge in [-0.15, -0.1) is 0 Å². The molecule has 2 saturated heterocycles. The van der Waals surface area contributed by atoms with Gasteiger partial charge in [0, 0.05) is 43.0 Å². The maximum absolute atomic E-state index is 4.68. The van der Waals surface area contributed by atoms with Gasteiger partial charge in [0.15, 0.2) is 0 Å². The van der Waals surface area contributed by atoms with Crippen LogP contribution in [0.4, 0.5) is 5.95 Å². The van der Waals surface area contributed by atoms with Crippen molar-refractivity contribution in [1.29, 1.82) is 0 Å². The average molecular weight is 391 g/mol. The third-order valence-electron chi connectivity index (χ3n) is 6.74. The standard InChI is InChI=1S/C23H30N6/c1-17-14-18(2)25-22(24-17)29-12-9-23(10-13-29)8-5-11-28(16-23)15-21-19-6-3-4-7-20(19)26-27-21/h3-4,6-7,14H,5,8-13,15-16H2,1-2H3,(H,26,27). The normalized spacial score (nSPS) is 19.9. The van der Waals surface area contributed by atoms with Crippen LogP contribution < -0.4 is 4.90 Å². The van der Waals surface area contributed by atoms with Crippen LogP contribution >= 0.6 is 0 Å². The monoisotopic (exact) mass is 390 g/mol. The highest BCUT2D eigenvalue weighted by atomic mass is 15.3. The molecular formula is C23H30N6. The number of nitrogens with one attached hydrogen (secondary N) is 1. The maximum atomic E-state index is 4.68. The first-order valence-electron chi connectivity index (χ1n) is 10.8. The fourth-order valence-electron chi connectivity index (χ4n) is 5.24. The smallest absolute Gasteiger partial charge is 0.225 e. The Morgan fingerprint density at radius 3 is 2.55 bits per heavy atom. The summed E-state index contributed by atoms with van der Waals surface area (Å²) in [4.78, 5) is 14.4. The topological polar surface area (TPSA) is 60.9 Å². The molecule has 1 spiro atoms. The molecule has 5 rings (SSSR count). The highest BCUT2D eigenvalue weighted by molar-refractivity contribution is 5.81. The van der Waals surface area contributed by atoms with Gasteiger partial charge in [0.2, 0.25) is 5.95 Å². The molecule has 0 saturated carbocycles. The number of para-hydroxylation sites is 1. The van der Waals surface area contributed by atoms with E-state index in [9.17, 15) is 0 Å². The van der Waals surface area contributed by atoms with Crippen molar-refractivity contribution in [3.63, 3.8) is 0 Å². The van der Waals surface area contributed by atoms with Gasteiger partial charge in [-0.3, -0.25) is 10.00 Å². The second kappa shape index (κ2) is 7.41. The van der Waals surface area contributed by atoms with Crippen LogP contribution in [-0.4, -0.2) is 51.2 Å². The van der Waals surface area contributed by atoms with Crippen molar-refractivity contribution in [3.8, 4) is 0 Å². The minimum Gasteiger partial charge on any atom is -0.341 e. The molecule has 0 unspecified atom stereocenters. The van der Waals surface area contributed by atoms with Gasteiger partial charge < -0.3 is 4.90 Å². The Hall–Kier alpha value is -2.47. The average Bonchev–Trinajstić information content (AvgIpc) is 3.11. The molecule has 0 aliphatic carbocycles. The van der Waals surface area contributed by atoms with Crippen molar-refractivity contribution in [3.05, 3.63) is 47.4 Å². The van der Waals surface area contributed by atoms with E-state index in [4.69, 9.17) is 0 Å².